The number of aliphatic imine (C=N–C) groups is 1. The Kier molecular flexibility index (Phi) is 5.15. The van der Waals surface area contributed by atoms with Crippen LogP contribution in [-0.4, -0.2) is 34.5 Å². The molecule has 0 N–H and O–H groups in total. The Morgan fingerprint density at radius 1 is 1.57 bits per heavy atom. The second kappa shape index (κ2) is 5.90. The number of hydrogen-bond donors (Lipinski definition) is 0. The third-order valence-electron chi connectivity index (χ3n) is 1.67. The average molecular weight is 243 g/mol. The van der Waals surface area contributed by atoms with Gasteiger partial charge in [0.05, 0.1) is 6.04 Å². The SMILES string of the molecule is CC1CSC(SCCC(F)C(F)F)=N1. The Balaban J connectivity index is 2.13. The van der Waals surface area contributed by atoms with Crippen LogP contribution in [0.15, 0.2) is 4.99 Å². The highest BCUT2D eigenvalue weighted by atomic mass is 32.2. The summed E-state index contributed by atoms with van der Waals surface area (Å²) in [5, 5.41) is 0. The monoisotopic (exact) mass is 243 g/mol. The zero-order valence-corrected chi connectivity index (χ0v) is 9.38. The summed E-state index contributed by atoms with van der Waals surface area (Å²) in [4.78, 5) is 4.26. The molecule has 0 aromatic rings. The fourth-order valence-electron chi connectivity index (χ4n) is 0.910. The van der Waals surface area contributed by atoms with Crippen molar-refractivity contribution in [2.45, 2.75) is 32.0 Å². The molecule has 14 heavy (non-hydrogen) atoms. The molecule has 1 rings (SSSR count). The van der Waals surface area contributed by atoms with E-state index in [0.29, 0.717) is 11.8 Å². The van der Waals surface area contributed by atoms with Gasteiger partial charge in [-0.05, 0) is 13.3 Å². The van der Waals surface area contributed by atoms with Crippen LogP contribution in [0.25, 0.3) is 0 Å². The number of halogens is 3. The molecule has 0 saturated carbocycles. The Labute approximate surface area is 89.9 Å². The second-order valence-corrected chi connectivity index (χ2v) is 5.39. The van der Waals surface area contributed by atoms with E-state index >= 15 is 0 Å². The molecule has 1 aliphatic rings. The second-order valence-electron chi connectivity index (χ2n) is 3.04. The zero-order chi connectivity index (χ0) is 10.6. The number of hydrogen-bond acceptors (Lipinski definition) is 3. The van der Waals surface area contributed by atoms with Gasteiger partial charge in [0.2, 0.25) is 0 Å². The van der Waals surface area contributed by atoms with Crippen LogP contribution < -0.4 is 0 Å². The molecule has 2 atom stereocenters. The maximum Gasteiger partial charge on any atom is 0.269 e. The van der Waals surface area contributed by atoms with Gasteiger partial charge in [-0.15, -0.1) is 0 Å². The van der Waals surface area contributed by atoms with E-state index in [1.54, 1.807) is 11.8 Å². The van der Waals surface area contributed by atoms with E-state index in [0.717, 1.165) is 10.1 Å². The normalized spacial score (nSPS) is 24.1. The van der Waals surface area contributed by atoms with Crippen LogP contribution in [0.5, 0.6) is 0 Å². The third kappa shape index (κ3) is 4.13. The fraction of sp³-hybridized carbons (Fsp3) is 0.875. The van der Waals surface area contributed by atoms with E-state index in [4.69, 9.17) is 0 Å². The van der Waals surface area contributed by atoms with Gasteiger partial charge in [0.25, 0.3) is 6.43 Å². The first-order chi connectivity index (χ1) is 6.59. The molecule has 82 valence electrons. The summed E-state index contributed by atoms with van der Waals surface area (Å²) >= 11 is 2.99. The number of nitrogens with zero attached hydrogens (tertiary/aromatic N) is 1. The van der Waals surface area contributed by atoms with E-state index < -0.39 is 12.6 Å². The first-order valence-corrected chi connectivity index (χ1v) is 6.32. The maximum absolute atomic E-state index is 12.5. The molecule has 1 heterocycles. The van der Waals surface area contributed by atoms with Crippen LogP contribution in [0.1, 0.15) is 13.3 Å². The molecule has 0 radical (unpaired) electrons. The number of thioether (sulfide) groups is 2. The predicted octanol–water partition coefficient (Wildman–Crippen LogP) is 3.20. The van der Waals surface area contributed by atoms with Crippen molar-refractivity contribution in [3.63, 3.8) is 0 Å². The van der Waals surface area contributed by atoms with E-state index in [9.17, 15) is 13.2 Å². The van der Waals surface area contributed by atoms with Gasteiger partial charge in [-0.25, -0.2) is 13.2 Å². The van der Waals surface area contributed by atoms with Gasteiger partial charge in [0.1, 0.15) is 4.38 Å². The Bertz CT molecular complexity index is 211. The van der Waals surface area contributed by atoms with Crippen LogP contribution in [0.3, 0.4) is 0 Å². The van der Waals surface area contributed by atoms with Crippen LogP contribution in [0.4, 0.5) is 13.2 Å². The predicted molar refractivity (Wildman–Crippen MR) is 57.3 cm³/mol. The Morgan fingerprint density at radius 2 is 2.29 bits per heavy atom. The molecular formula is C8H12F3NS2. The highest BCUT2D eigenvalue weighted by Crippen LogP contribution is 2.27. The average Bonchev–Trinajstić information content (AvgIpc) is 2.51. The minimum absolute atomic E-state index is 0.101. The molecule has 0 spiro atoms. The summed E-state index contributed by atoms with van der Waals surface area (Å²) in [6.07, 6.45) is -4.95. The lowest BCUT2D eigenvalue weighted by Gasteiger charge is -2.05. The number of rotatable bonds is 4. The van der Waals surface area contributed by atoms with E-state index in [1.807, 2.05) is 6.92 Å². The number of alkyl halides is 3. The summed E-state index contributed by atoms with van der Waals surface area (Å²) in [6.45, 7) is 2.00. The Morgan fingerprint density at radius 3 is 2.79 bits per heavy atom. The third-order valence-corrected chi connectivity index (χ3v) is 4.17. The summed E-state index contributed by atoms with van der Waals surface area (Å²) in [6, 6.07) is 0.304. The minimum atomic E-state index is -2.85. The van der Waals surface area contributed by atoms with Crippen LogP contribution in [0, 0.1) is 0 Å². The molecule has 1 nitrogen and oxygen atoms in total. The first-order valence-electron chi connectivity index (χ1n) is 4.35. The van der Waals surface area contributed by atoms with Crippen molar-refractivity contribution in [1.29, 1.82) is 0 Å². The highest BCUT2D eigenvalue weighted by Gasteiger charge is 2.20. The van der Waals surface area contributed by atoms with Crippen molar-refractivity contribution in [3.05, 3.63) is 0 Å². The summed E-state index contributed by atoms with van der Waals surface area (Å²) < 4.78 is 36.9. The summed E-state index contributed by atoms with van der Waals surface area (Å²) in [5.41, 5.74) is 0. The van der Waals surface area contributed by atoms with Crippen molar-refractivity contribution in [2.75, 3.05) is 11.5 Å². The summed E-state index contributed by atoms with van der Waals surface area (Å²) in [5.74, 6) is 1.32. The lowest BCUT2D eigenvalue weighted by atomic mass is 10.3. The van der Waals surface area contributed by atoms with Crippen LogP contribution >= 0.6 is 23.5 Å². The molecule has 0 aromatic carbocycles. The van der Waals surface area contributed by atoms with Crippen LogP contribution in [0.2, 0.25) is 0 Å². The molecule has 6 heteroatoms. The van der Waals surface area contributed by atoms with Gasteiger partial charge in [-0.1, -0.05) is 23.5 Å². The van der Waals surface area contributed by atoms with Crippen molar-refractivity contribution in [3.8, 4) is 0 Å². The van der Waals surface area contributed by atoms with Crippen molar-refractivity contribution < 1.29 is 13.2 Å². The molecule has 0 saturated heterocycles. The molecular weight excluding hydrogens is 231 g/mol. The van der Waals surface area contributed by atoms with Gasteiger partial charge < -0.3 is 0 Å². The van der Waals surface area contributed by atoms with Crippen molar-refractivity contribution >= 4 is 27.9 Å². The van der Waals surface area contributed by atoms with Gasteiger partial charge in [0, 0.05) is 11.5 Å². The molecule has 0 aromatic heterocycles. The molecule has 1 aliphatic heterocycles. The van der Waals surface area contributed by atoms with E-state index in [-0.39, 0.29) is 6.42 Å². The largest absolute Gasteiger partial charge is 0.269 e. The zero-order valence-electron chi connectivity index (χ0n) is 7.75. The molecule has 0 amide bonds. The highest BCUT2D eigenvalue weighted by molar-refractivity contribution is 8.39. The van der Waals surface area contributed by atoms with Crippen molar-refractivity contribution in [1.82, 2.24) is 0 Å². The minimum Gasteiger partial charge on any atom is -0.268 e. The van der Waals surface area contributed by atoms with Gasteiger partial charge in [-0.3, -0.25) is 4.99 Å². The van der Waals surface area contributed by atoms with Gasteiger partial charge in [-0.2, -0.15) is 0 Å². The smallest absolute Gasteiger partial charge is 0.268 e. The summed E-state index contributed by atoms with van der Waals surface area (Å²) in [7, 11) is 0. The van der Waals surface area contributed by atoms with Gasteiger partial charge >= 0.3 is 0 Å². The molecule has 2 unspecified atom stereocenters. The van der Waals surface area contributed by atoms with E-state index in [1.165, 1.54) is 11.8 Å². The molecule has 0 bridgehead atoms. The lowest BCUT2D eigenvalue weighted by molar-refractivity contribution is 0.0488. The van der Waals surface area contributed by atoms with E-state index in [2.05, 4.69) is 4.99 Å². The lowest BCUT2D eigenvalue weighted by Crippen LogP contribution is -2.12. The maximum atomic E-state index is 12.5. The van der Waals surface area contributed by atoms with Crippen LogP contribution in [-0.2, 0) is 0 Å². The quantitative estimate of drug-likeness (QED) is 0.751. The molecule has 0 aliphatic carbocycles. The fourth-order valence-corrected chi connectivity index (χ4v) is 3.18. The van der Waals surface area contributed by atoms with Gasteiger partial charge in [0.15, 0.2) is 6.17 Å². The Hall–Kier alpha value is 0.160. The standard InChI is InChI=1S/C8H12F3NS2/c1-5-4-14-8(12-5)13-3-2-6(9)7(10)11/h5-7H,2-4H2,1H3. The first kappa shape index (κ1) is 12.2. The van der Waals surface area contributed by atoms with Crippen molar-refractivity contribution in [2.24, 2.45) is 4.99 Å². The molecule has 0 fully saturated rings. The topological polar surface area (TPSA) is 12.4 Å².